The van der Waals surface area contributed by atoms with Crippen LogP contribution in [0.3, 0.4) is 0 Å². The monoisotopic (exact) mass is 300 g/mol. The van der Waals surface area contributed by atoms with Crippen molar-refractivity contribution in [1.29, 1.82) is 0 Å². The molecule has 1 aliphatic heterocycles. The lowest BCUT2D eigenvalue weighted by atomic mass is 9.93. The van der Waals surface area contributed by atoms with Crippen LogP contribution in [0.1, 0.15) is 33.6 Å². The van der Waals surface area contributed by atoms with Crippen LogP contribution in [0.15, 0.2) is 4.99 Å². The maximum absolute atomic E-state index is 4.33. The molecule has 1 fully saturated rings. The van der Waals surface area contributed by atoms with Crippen molar-refractivity contribution in [2.45, 2.75) is 38.4 Å². The second-order valence-corrected chi connectivity index (χ2v) is 8.77. The zero-order valence-corrected chi connectivity index (χ0v) is 14.9. The average Bonchev–Trinajstić information content (AvgIpc) is 2.75. The van der Waals surface area contributed by atoms with Crippen LogP contribution >= 0.6 is 11.8 Å². The highest BCUT2D eigenvalue weighted by Gasteiger charge is 2.29. The molecule has 0 spiro atoms. The van der Waals surface area contributed by atoms with Crippen molar-refractivity contribution in [3.8, 4) is 0 Å². The van der Waals surface area contributed by atoms with Crippen LogP contribution in [0.4, 0.5) is 0 Å². The van der Waals surface area contributed by atoms with Gasteiger partial charge in [0.25, 0.3) is 0 Å². The molecule has 1 atom stereocenters. The third-order valence-electron chi connectivity index (χ3n) is 3.63. The quantitative estimate of drug-likeness (QED) is 0.581. The van der Waals surface area contributed by atoms with E-state index in [4.69, 9.17) is 0 Å². The van der Waals surface area contributed by atoms with Crippen molar-refractivity contribution in [3.63, 3.8) is 0 Å². The van der Waals surface area contributed by atoms with Crippen LogP contribution in [0.25, 0.3) is 0 Å². The molecule has 0 aromatic heterocycles. The first kappa shape index (κ1) is 17.6. The van der Waals surface area contributed by atoms with Crippen LogP contribution in [0.5, 0.6) is 0 Å². The molecular formula is C15H32N4S. The van der Waals surface area contributed by atoms with E-state index in [0.717, 1.165) is 25.6 Å². The van der Waals surface area contributed by atoms with Crippen LogP contribution in [-0.4, -0.2) is 62.1 Å². The first-order chi connectivity index (χ1) is 9.26. The molecule has 20 heavy (non-hydrogen) atoms. The van der Waals surface area contributed by atoms with E-state index in [1.165, 1.54) is 18.6 Å². The molecule has 0 saturated carbocycles. The molecule has 1 unspecified atom stereocenters. The number of aliphatic imine (C=N–C) groups is 1. The van der Waals surface area contributed by atoms with Gasteiger partial charge in [0.2, 0.25) is 0 Å². The Labute approximate surface area is 129 Å². The van der Waals surface area contributed by atoms with Crippen molar-refractivity contribution in [2.75, 3.05) is 46.5 Å². The molecule has 2 N–H and O–H groups in total. The summed E-state index contributed by atoms with van der Waals surface area (Å²) in [6.07, 6.45) is 2.64. The number of thioether (sulfide) groups is 1. The van der Waals surface area contributed by atoms with E-state index in [-0.39, 0.29) is 5.41 Å². The smallest absolute Gasteiger partial charge is 0.191 e. The van der Waals surface area contributed by atoms with E-state index in [9.17, 15) is 0 Å². The zero-order valence-electron chi connectivity index (χ0n) is 14.0. The van der Waals surface area contributed by atoms with Gasteiger partial charge in [-0.05, 0) is 45.0 Å². The van der Waals surface area contributed by atoms with E-state index in [2.05, 4.69) is 67.2 Å². The molecule has 1 saturated heterocycles. The van der Waals surface area contributed by atoms with E-state index >= 15 is 0 Å². The molecule has 0 bridgehead atoms. The Morgan fingerprint density at radius 2 is 2.05 bits per heavy atom. The topological polar surface area (TPSA) is 39.7 Å². The lowest BCUT2D eigenvalue weighted by molar-refractivity contribution is 0.241. The molecule has 1 rings (SSSR count). The lowest BCUT2D eigenvalue weighted by Gasteiger charge is -2.30. The van der Waals surface area contributed by atoms with Crippen molar-refractivity contribution in [3.05, 3.63) is 0 Å². The number of rotatable bonds is 6. The van der Waals surface area contributed by atoms with Gasteiger partial charge in [0.1, 0.15) is 0 Å². The van der Waals surface area contributed by atoms with Gasteiger partial charge in [-0.15, -0.1) is 0 Å². The summed E-state index contributed by atoms with van der Waals surface area (Å²) < 4.78 is 0.372. The number of hydrogen-bond acceptors (Lipinski definition) is 3. The standard InChI is InChI=1S/C15H32N4S/c1-14(2,12-19(5)6)10-17-13(16-4)18-11-15(3)8-7-9-20-15/h7-12H2,1-6H3,(H2,16,17,18). The fraction of sp³-hybridized carbons (Fsp3) is 0.933. The molecule has 1 heterocycles. The number of nitrogens with one attached hydrogen (secondary N) is 2. The summed E-state index contributed by atoms with van der Waals surface area (Å²) >= 11 is 2.08. The van der Waals surface area contributed by atoms with Crippen molar-refractivity contribution in [2.24, 2.45) is 10.4 Å². The first-order valence-electron chi connectivity index (χ1n) is 7.50. The van der Waals surface area contributed by atoms with E-state index in [1.807, 2.05) is 7.05 Å². The highest BCUT2D eigenvalue weighted by atomic mass is 32.2. The molecule has 0 aliphatic carbocycles. The predicted molar refractivity (Wildman–Crippen MR) is 91.8 cm³/mol. The van der Waals surface area contributed by atoms with Gasteiger partial charge in [-0.1, -0.05) is 13.8 Å². The molecule has 118 valence electrons. The summed E-state index contributed by atoms with van der Waals surface area (Å²) in [6, 6.07) is 0. The average molecular weight is 301 g/mol. The Kier molecular flexibility index (Phi) is 6.65. The molecule has 1 aliphatic rings. The van der Waals surface area contributed by atoms with Gasteiger partial charge >= 0.3 is 0 Å². The molecule has 5 heteroatoms. The molecule has 0 amide bonds. The van der Waals surface area contributed by atoms with E-state index in [0.29, 0.717) is 4.75 Å². The maximum Gasteiger partial charge on any atom is 0.191 e. The summed E-state index contributed by atoms with van der Waals surface area (Å²) in [5.74, 6) is 2.21. The Morgan fingerprint density at radius 1 is 1.35 bits per heavy atom. The van der Waals surface area contributed by atoms with Crippen molar-refractivity contribution in [1.82, 2.24) is 15.5 Å². The highest BCUT2D eigenvalue weighted by molar-refractivity contribution is 8.00. The Balaban J connectivity index is 2.36. The van der Waals surface area contributed by atoms with Crippen LogP contribution in [0.2, 0.25) is 0 Å². The fourth-order valence-electron chi connectivity index (χ4n) is 2.70. The Hall–Kier alpha value is -0.420. The number of guanidine groups is 1. The molecule has 0 aromatic rings. The molecular weight excluding hydrogens is 268 g/mol. The third kappa shape index (κ3) is 6.35. The minimum absolute atomic E-state index is 0.229. The largest absolute Gasteiger partial charge is 0.356 e. The summed E-state index contributed by atoms with van der Waals surface area (Å²) in [6.45, 7) is 9.88. The predicted octanol–water partition coefficient (Wildman–Crippen LogP) is 2.02. The number of hydrogen-bond donors (Lipinski definition) is 2. The van der Waals surface area contributed by atoms with Crippen molar-refractivity contribution < 1.29 is 0 Å². The second-order valence-electron chi connectivity index (χ2n) is 7.08. The van der Waals surface area contributed by atoms with Gasteiger partial charge in [-0.3, -0.25) is 4.99 Å². The summed E-state index contributed by atoms with van der Waals surface area (Å²) in [7, 11) is 6.08. The summed E-state index contributed by atoms with van der Waals surface area (Å²) in [5, 5.41) is 6.94. The number of nitrogens with zero attached hydrogens (tertiary/aromatic N) is 2. The SMILES string of the molecule is CN=C(NCC(C)(C)CN(C)C)NCC1(C)CCCS1. The fourth-order valence-corrected chi connectivity index (χ4v) is 3.95. The van der Waals surface area contributed by atoms with Gasteiger partial charge < -0.3 is 15.5 Å². The molecule has 4 nitrogen and oxygen atoms in total. The molecule has 0 radical (unpaired) electrons. The van der Waals surface area contributed by atoms with Gasteiger partial charge in [-0.2, -0.15) is 11.8 Å². The van der Waals surface area contributed by atoms with Gasteiger partial charge in [0, 0.05) is 31.4 Å². The minimum atomic E-state index is 0.229. The van der Waals surface area contributed by atoms with Gasteiger partial charge in [0.05, 0.1) is 0 Å². The summed E-state index contributed by atoms with van der Waals surface area (Å²) in [5.41, 5.74) is 0.229. The van der Waals surface area contributed by atoms with Crippen molar-refractivity contribution >= 4 is 17.7 Å². The van der Waals surface area contributed by atoms with Gasteiger partial charge in [-0.25, -0.2) is 0 Å². The van der Waals surface area contributed by atoms with E-state index in [1.54, 1.807) is 0 Å². The third-order valence-corrected chi connectivity index (χ3v) is 5.17. The van der Waals surface area contributed by atoms with Crippen LogP contribution < -0.4 is 10.6 Å². The zero-order chi connectivity index (χ0) is 15.2. The van der Waals surface area contributed by atoms with Gasteiger partial charge in [0.15, 0.2) is 5.96 Å². The van der Waals surface area contributed by atoms with Crippen LogP contribution in [0, 0.1) is 5.41 Å². The normalized spacial score (nSPS) is 24.2. The molecule has 0 aromatic carbocycles. The maximum atomic E-state index is 4.33. The van der Waals surface area contributed by atoms with E-state index < -0.39 is 0 Å². The minimum Gasteiger partial charge on any atom is -0.356 e. The summed E-state index contributed by atoms with van der Waals surface area (Å²) in [4.78, 5) is 6.56. The second kappa shape index (κ2) is 7.55. The highest BCUT2D eigenvalue weighted by Crippen LogP contribution is 2.36. The lowest BCUT2D eigenvalue weighted by Crippen LogP contribution is -2.47. The first-order valence-corrected chi connectivity index (χ1v) is 8.48. The van der Waals surface area contributed by atoms with Crippen LogP contribution in [-0.2, 0) is 0 Å². The Bertz CT molecular complexity index is 320. The Morgan fingerprint density at radius 3 is 2.55 bits per heavy atom.